The van der Waals surface area contributed by atoms with Gasteiger partial charge in [0.1, 0.15) is 0 Å². The van der Waals surface area contributed by atoms with Crippen molar-refractivity contribution in [1.82, 2.24) is 4.90 Å². The van der Waals surface area contributed by atoms with Crippen molar-refractivity contribution in [1.29, 1.82) is 0 Å². The molecule has 0 radical (unpaired) electrons. The number of hydrogen-bond acceptors (Lipinski definition) is 2. The molecule has 0 aromatic heterocycles. The van der Waals surface area contributed by atoms with E-state index >= 15 is 0 Å². The molecule has 2 amide bonds. The van der Waals surface area contributed by atoms with Crippen LogP contribution in [0.25, 0.3) is 0 Å². The van der Waals surface area contributed by atoms with Crippen molar-refractivity contribution in [2.24, 2.45) is 0 Å². The highest BCUT2D eigenvalue weighted by molar-refractivity contribution is 5.89. The van der Waals surface area contributed by atoms with Crippen LogP contribution in [0.1, 0.15) is 24.8 Å². The highest BCUT2D eigenvalue weighted by Crippen LogP contribution is 2.31. The largest absolute Gasteiger partial charge is 0.416 e. The molecule has 1 saturated carbocycles. The van der Waals surface area contributed by atoms with E-state index in [1.54, 1.807) is 0 Å². The van der Waals surface area contributed by atoms with E-state index in [2.05, 4.69) is 5.32 Å². The minimum Gasteiger partial charge on any atom is -0.395 e. The molecule has 7 heteroatoms. The summed E-state index contributed by atoms with van der Waals surface area (Å²) in [5.41, 5.74) is -0.713. The Bertz CT molecular complexity index is 501. The van der Waals surface area contributed by atoms with Gasteiger partial charge < -0.3 is 15.3 Å². The molecule has 2 N–H and O–H groups in total. The summed E-state index contributed by atoms with van der Waals surface area (Å²) >= 11 is 0. The summed E-state index contributed by atoms with van der Waals surface area (Å²) in [6.45, 7) is 0.00196. The van der Waals surface area contributed by atoms with Crippen LogP contribution in [0.5, 0.6) is 0 Å². The third kappa shape index (κ3) is 3.87. The van der Waals surface area contributed by atoms with E-state index in [0.717, 1.165) is 31.4 Å². The summed E-state index contributed by atoms with van der Waals surface area (Å²) in [5, 5.41) is 11.5. The lowest BCUT2D eigenvalue weighted by Gasteiger charge is -2.37. The maximum Gasteiger partial charge on any atom is 0.416 e. The maximum absolute atomic E-state index is 12.6. The molecule has 1 aliphatic carbocycles. The molecule has 0 atom stereocenters. The Balaban J connectivity index is 2.07. The van der Waals surface area contributed by atoms with Crippen LogP contribution >= 0.6 is 0 Å². The quantitative estimate of drug-likeness (QED) is 0.898. The summed E-state index contributed by atoms with van der Waals surface area (Å²) in [6, 6.07) is 4.09. The first kappa shape index (κ1) is 15.6. The second-order valence-corrected chi connectivity index (χ2v) is 5.01. The summed E-state index contributed by atoms with van der Waals surface area (Å²) in [4.78, 5) is 13.6. The van der Waals surface area contributed by atoms with Gasteiger partial charge in [0.25, 0.3) is 0 Å². The molecule has 1 aromatic carbocycles. The van der Waals surface area contributed by atoms with Crippen molar-refractivity contribution in [3.63, 3.8) is 0 Å². The van der Waals surface area contributed by atoms with Gasteiger partial charge in [-0.2, -0.15) is 13.2 Å². The van der Waals surface area contributed by atoms with Crippen LogP contribution in [0.15, 0.2) is 24.3 Å². The number of halogens is 3. The third-order valence-electron chi connectivity index (χ3n) is 3.56. The van der Waals surface area contributed by atoms with Gasteiger partial charge in [-0.25, -0.2) is 4.79 Å². The molecule has 1 aliphatic rings. The number of carbonyl (C=O) groups is 1. The summed E-state index contributed by atoms with van der Waals surface area (Å²) in [7, 11) is 0. The molecule has 1 aromatic rings. The van der Waals surface area contributed by atoms with Crippen LogP contribution < -0.4 is 5.32 Å². The van der Waals surface area contributed by atoms with Gasteiger partial charge in [0.2, 0.25) is 0 Å². The molecule has 21 heavy (non-hydrogen) atoms. The van der Waals surface area contributed by atoms with Crippen LogP contribution in [0.4, 0.5) is 23.7 Å². The first-order valence-electron chi connectivity index (χ1n) is 6.77. The normalized spacial score (nSPS) is 15.4. The fourth-order valence-electron chi connectivity index (χ4n) is 2.22. The van der Waals surface area contributed by atoms with E-state index in [0.29, 0.717) is 0 Å². The fraction of sp³-hybridized carbons (Fsp3) is 0.500. The van der Waals surface area contributed by atoms with Crippen molar-refractivity contribution >= 4 is 11.7 Å². The molecule has 1 fully saturated rings. The van der Waals surface area contributed by atoms with Crippen molar-refractivity contribution in [2.75, 3.05) is 18.5 Å². The number of aliphatic hydroxyl groups excluding tert-OH is 1. The van der Waals surface area contributed by atoms with Gasteiger partial charge in [-0.05, 0) is 37.5 Å². The van der Waals surface area contributed by atoms with Crippen molar-refractivity contribution in [3.05, 3.63) is 29.8 Å². The number of nitrogens with one attached hydrogen (secondary N) is 1. The number of aliphatic hydroxyl groups is 1. The van der Waals surface area contributed by atoms with E-state index in [-0.39, 0.29) is 24.9 Å². The lowest BCUT2D eigenvalue weighted by Crippen LogP contribution is -2.47. The van der Waals surface area contributed by atoms with Gasteiger partial charge in [-0.1, -0.05) is 6.07 Å². The Kier molecular flexibility index (Phi) is 4.72. The van der Waals surface area contributed by atoms with E-state index in [9.17, 15) is 18.0 Å². The molecule has 2 rings (SSSR count). The van der Waals surface area contributed by atoms with Crippen molar-refractivity contribution in [2.45, 2.75) is 31.5 Å². The monoisotopic (exact) mass is 302 g/mol. The number of benzene rings is 1. The second-order valence-electron chi connectivity index (χ2n) is 5.01. The Morgan fingerprint density at radius 1 is 1.38 bits per heavy atom. The summed E-state index contributed by atoms with van der Waals surface area (Å²) < 4.78 is 37.9. The predicted molar refractivity (Wildman–Crippen MR) is 71.9 cm³/mol. The summed E-state index contributed by atoms with van der Waals surface area (Å²) in [6.07, 6.45) is -1.71. The van der Waals surface area contributed by atoms with Gasteiger partial charge >= 0.3 is 12.2 Å². The van der Waals surface area contributed by atoms with Crippen LogP contribution in [0.3, 0.4) is 0 Å². The topological polar surface area (TPSA) is 52.6 Å². The molecule has 0 aliphatic heterocycles. The lowest BCUT2D eigenvalue weighted by molar-refractivity contribution is -0.137. The predicted octanol–water partition coefficient (Wildman–Crippen LogP) is 3.08. The second kappa shape index (κ2) is 6.34. The lowest BCUT2D eigenvalue weighted by atomic mass is 9.92. The highest BCUT2D eigenvalue weighted by Gasteiger charge is 2.31. The Morgan fingerprint density at radius 3 is 2.62 bits per heavy atom. The van der Waals surface area contributed by atoms with E-state index in [1.807, 2.05) is 0 Å². The molecule has 0 saturated heterocycles. The van der Waals surface area contributed by atoms with Gasteiger partial charge in [-0.15, -0.1) is 0 Å². The minimum atomic E-state index is -4.44. The van der Waals surface area contributed by atoms with Gasteiger partial charge in [0.15, 0.2) is 0 Å². The molecule has 0 heterocycles. The number of hydrogen-bond donors (Lipinski definition) is 2. The first-order chi connectivity index (χ1) is 9.91. The number of rotatable bonds is 4. The Labute approximate surface area is 120 Å². The van der Waals surface area contributed by atoms with Gasteiger partial charge in [-0.3, -0.25) is 0 Å². The number of amides is 2. The SMILES string of the molecule is O=C(Nc1cccc(C(F)(F)F)c1)N(CCO)C1CCC1. The molecular weight excluding hydrogens is 285 g/mol. The standard InChI is InChI=1S/C14H17F3N2O2/c15-14(16,17)10-3-1-4-11(9-10)18-13(21)19(7-8-20)12-5-2-6-12/h1,3-4,9,12,20H,2,5-8H2,(H,18,21). The van der Waals surface area contributed by atoms with Gasteiger partial charge in [0, 0.05) is 18.3 Å². The zero-order valence-electron chi connectivity index (χ0n) is 11.4. The Hall–Kier alpha value is -1.76. The van der Waals surface area contributed by atoms with Crippen LogP contribution in [0.2, 0.25) is 0 Å². The van der Waals surface area contributed by atoms with Gasteiger partial charge in [0.05, 0.1) is 12.2 Å². The third-order valence-corrected chi connectivity index (χ3v) is 3.56. The minimum absolute atomic E-state index is 0.0583. The number of anilines is 1. The smallest absolute Gasteiger partial charge is 0.395 e. The molecule has 0 bridgehead atoms. The molecular formula is C14H17F3N2O2. The molecule has 0 spiro atoms. The molecule has 116 valence electrons. The maximum atomic E-state index is 12.6. The molecule has 4 nitrogen and oxygen atoms in total. The first-order valence-corrected chi connectivity index (χ1v) is 6.77. The zero-order chi connectivity index (χ0) is 15.5. The Morgan fingerprint density at radius 2 is 2.10 bits per heavy atom. The van der Waals surface area contributed by atoms with Crippen molar-refractivity contribution < 1.29 is 23.1 Å². The number of nitrogens with zero attached hydrogens (tertiary/aromatic N) is 1. The highest BCUT2D eigenvalue weighted by atomic mass is 19.4. The average Bonchev–Trinajstić information content (AvgIpc) is 2.35. The van der Waals surface area contributed by atoms with Crippen LogP contribution in [-0.2, 0) is 6.18 Å². The number of urea groups is 1. The molecule has 0 unspecified atom stereocenters. The van der Waals surface area contributed by atoms with Crippen LogP contribution in [-0.4, -0.2) is 35.2 Å². The fourth-order valence-corrected chi connectivity index (χ4v) is 2.22. The number of alkyl halides is 3. The average molecular weight is 302 g/mol. The number of carbonyl (C=O) groups excluding carboxylic acids is 1. The van der Waals surface area contributed by atoms with E-state index < -0.39 is 17.8 Å². The van der Waals surface area contributed by atoms with E-state index in [1.165, 1.54) is 17.0 Å². The summed E-state index contributed by atoms with van der Waals surface area (Å²) in [5.74, 6) is 0. The van der Waals surface area contributed by atoms with E-state index in [4.69, 9.17) is 5.11 Å². The van der Waals surface area contributed by atoms with Crippen molar-refractivity contribution in [3.8, 4) is 0 Å². The van der Waals surface area contributed by atoms with Crippen LogP contribution in [0, 0.1) is 0 Å². The zero-order valence-corrected chi connectivity index (χ0v) is 11.4.